The zero-order valence-corrected chi connectivity index (χ0v) is 24.9. The number of fused-ring (bicyclic) bond motifs is 2. The van der Waals surface area contributed by atoms with Gasteiger partial charge >= 0.3 is 0 Å². The third-order valence-corrected chi connectivity index (χ3v) is 7.37. The molecule has 10 nitrogen and oxygen atoms in total. The Bertz CT molecular complexity index is 1900. The van der Waals surface area contributed by atoms with E-state index in [9.17, 15) is 9.50 Å². The number of H-pyrrole nitrogens is 2. The van der Waals surface area contributed by atoms with Crippen molar-refractivity contribution in [3.05, 3.63) is 72.9 Å². The minimum Gasteiger partial charge on any atom is -0.492 e. The second-order valence-corrected chi connectivity index (χ2v) is 11.1. The minimum atomic E-state index is -0.643. The van der Waals surface area contributed by atoms with Crippen molar-refractivity contribution in [2.75, 3.05) is 32.6 Å². The van der Waals surface area contributed by atoms with E-state index in [1.54, 1.807) is 18.6 Å². The Balaban J connectivity index is 1.32. The molecule has 4 aromatic heterocycles. The van der Waals surface area contributed by atoms with Gasteiger partial charge in [-0.15, -0.1) is 0 Å². The van der Waals surface area contributed by atoms with Crippen molar-refractivity contribution < 1.29 is 14.2 Å². The van der Waals surface area contributed by atoms with Crippen molar-refractivity contribution in [2.24, 2.45) is 0 Å². The minimum absolute atomic E-state index is 0.377. The van der Waals surface area contributed by atoms with Crippen LogP contribution in [0.25, 0.3) is 55.8 Å². The lowest BCUT2D eigenvalue weighted by Crippen LogP contribution is -2.19. The van der Waals surface area contributed by atoms with E-state index in [-0.39, 0.29) is 5.82 Å². The summed E-state index contributed by atoms with van der Waals surface area (Å²) in [7, 11) is 3.93. The van der Waals surface area contributed by atoms with E-state index in [4.69, 9.17) is 9.72 Å². The fourth-order valence-corrected chi connectivity index (χ4v) is 5.10. The van der Waals surface area contributed by atoms with Crippen LogP contribution in [-0.2, 0) is 0 Å². The molecule has 0 saturated carbocycles. The number of nitrogens with zero attached hydrogens (tertiary/aromatic N) is 5. The molecule has 1 unspecified atom stereocenters. The van der Waals surface area contributed by atoms with Gasteiger partial charge in [-0.2, -0.15) is 5.10 Å². The first-order valence-corrected chi connectivity index (χ1v) is 14.7. The van der Waals surface area contributed by atoms with Crippen molar-refractivity contribution in [3.8, 4) is 39.7 Å². The summed E-state index contributed by atoms with van der Waals surface area (Å²) < 4.78 is 20.5. The normalized spacial score (nSPS) is 12.3. The number of hydrogen-bond donors (Lipinski definition) is 4. The van der Waals surface area contributed by atoms with E-state index >= 15 is 0 Å². The quantitative estimate of drug-likeness (QED) is 0.123. The molecule has 0 aliphatic heterocycles. The monoisotopic (exact) mass is 594 g/mol. The predicted molar refractivity (Wildman–Crippen MR) is 171 cm³/mol. The van der Waals surface area contributed by atoms with Crippen LogP contribution in [0, 0.1) is 5.82 Å². The van der Waals surface area contributed by atoms with E-state index in [1.807, 2.05) is 55.4 Å². The summed E-state index contributed by atoms with van der Waals surface area (Å²) in [6.45, 7) is 3.27. The molecular formula is C33H35FN8O2. The third-order valence-electron chi connectivity index (χ3n) is 7.37. The number of anilines is 1. The number of halogens is 1. The van der Waals surface area contributed by atoms with Gasteiger partial charge in [0.2, 0.25) is 0 Å². The lowest BCUT2D eigenvalue weighted by Gasteiger charge is -2.14. The molecule has 226 valence electrons. The largest absolute Gasteiger partial charge is 0.492 e. The Morgan fingerprint density at radius 2 is 1.93 bits per heavy atom. The number of rotatable bonds is 12. The third kappa shape index (κ3) is 6.38. The maximum atomic E-state index is 14.7. The van der Waals surface area contributed by atoms with Crippen LogP contribution in [0.5, 0.6) is 5.75 Å². The Morgan fingerprint density at radius 3 is 2.77 bits per heavy atom. The number of unbranched alkanes of at least 4 members (excludes halogenated alkanes) is 1. The van der Waals surface area contributed by atoms with E-state index < -0.39 is 6.23 Å². The van der Waals surface area contributed by atoms with Crippen molar-refractivity contribution in [2.45, 2.75) is 32.4 Å². The number of nitrogens with one attached hydrogen (secondary N) is 3. The number of imidazole rings is 1. The van der Waals surface area contributed by atoms with Gasteiger partial charge in [0.15, 0.2) is 5.82 Å². The van der Waals surface area contributed by atoms with Crippen LogP contribution in [0.15, 0.2) is 67.1 Å². The molecule has 44 heavy (non-hydrogen) atoms. The van der Waals surface area contributed by atoms with Crippen molar-refractivity contribution >= 4 is 27.6 Å². The average molecular weight is 595 g/mol. The molecule has 0 bridgehead atoms. The number of para-hydroxylation sites is 1. The molecule has 4 N–H and O–H groups in total. The second-order valence-electron chi connectivity index (χ2n) is 11.1. The first-order chi connectivity index (χ1) is 21.4. The number of aromatic amines is 2. The van der Waals surface area contributed by atoms with Crippen LogP contribution in [0.3, 0.4) is 0 Å². The van der Waals surface area contributed by atoms with E-state index in [0.717, 1.165) is 46.9 Å². The molecule has 0 saturated heterocycles. The highest BCUT2D eigenvalue weighted by Crippen LogP contribution is 2.34. The molecule has 6 rings (SSSR count). The maximum Gasteiger partial charge on any atom is 0.159 e. The lowest BCUT2D eigenvalue weighted by atomic mass is 10.0. The number of aromatic nitrogens is 6. The molecule has 0 aliphatic rings. The summed E-state index contributed by atoms with van der Waals surface area (Å²) in [5.41, 5.74) is 6.56. The molecule has 4 heterocycles. The summed E-state index contributed by atoms with van der Waals surface area (Å²) in [6.07, 6.45) is 7.12. The maximum absolute atomic E-state index is 14.7. The molecule has 0 aliphatic carbocycles. The zero-order chi connectivity index (χ0) is 30.6. The Kier molecular flexibility index (Phi) is 8.49. The predicted octanol–water partition coefficient (Wildman–Crippen LogP) is 6.23. The van der Waals surface area contributed by atoms with E-state index in [1.165, 1.54) is 12.1 Å². The number of hydrogen-bond acceptors (Lipinski definition) is 8. The van der Waals surface area contributed by atoms with Crippen LogP contribution in [0.4, 0.5) is 10.1 Å². The van der Waals surface area contributed by atoms with Gasteiger partial charge in [0, 0.05) is 35.3 Å². The van der Waals surface area contributed by atoms with Gasteiger partial charge in [-0.1, -0.05) is 25.5 Å². The van der Waals surface area contributed by atoms with Crippen molar-refractivity contribution in [1.29, 1.82) is 0 Å². The van der Waals surface area contributed by atoms with Crippen molar-refractivity contribution in [1.82, 2.24) is 35.0 Å². The van der Waals surface area contributed by atoms with Crippen LogP contribution < -0.4 is 10.1 Å². The number of pyridine rings is 2. The smallest absolute Gasteiger partial charge is 0.159 e. The van der Waals surface area contributed by atoms with Gasteiger partial charge < -0.3 is 25.0 Å². The van der Waals surface area contributed by atoms with Gasteiger partial charge in [0.1, 0.15) is 30.1 Å². The number of aliphatic hydroxyl groups is 1. The topological polar surface area (TPSA) is 128 Å². The SMILES string of the molecule is CCCCC(O)Nc1cncc(-c2cc3c(-c4nc5c(-c6cc(F)cc(OCCN(C)C)c6)cccc5[nH]4)n[nH]c3cn2)c1. The highest BCUT2D eigenvalue weighted by Gasteiger charge is 2.17. The molecule has 6 aromatic rings. The molecule has 1 atom stereocenters. The summed E-state index contributed by atoms with van der Waals surface area (Å²) in [5, 5.41) is 21.8. The summed E-state index contributed by atoms with van der Waals surface area (Å²) in [6, 6.07) is 14.4. The zero-order valence-electron chi connectivity index (χ0n) is 24.9. The average Bonchev–Trinajstić information content (AvgIpc) is 3.63. The second kappa shape index (κ2) is 12.8. The van der Waals surface area contributed by atoms with Crippen LogP contribution in [-0.4, -0.2) is 73.6 Å². The van der Waals surface area contributed by atoms with Gasteiger partial charge in [0.25, 0.3) is 0 Å². The Hall–Kier alpha value is -4.87. The van der Waals surface area contributed by atoms with Crippen molar-refractivity contribution in [3.63, 3.8) is 0 Å². The summed E-state index contributed by atoms with van der Waals surface area (Å²) >= 11 is 0. The van der Waals surface area contributed by atoms with Crippen LogP contribution in [0.1, 0.15) is 26.2 Å². The number of benzene rings is 2. The van der Waals surface area contributed by atoms with E-state index in [2.05, 4.69) is 37.4 Å². The highest BCUT2D eigenvalue weighted by atomic mass is 19.1. The first kappa shape index (κ1) is 29.2. The van der Waals surface area contributed by atoms with Gasteiger partial charge in [-0.05, 0) is 62.8 Å². The molecule has 11 heteroatoms. The Labute approximate surface area is 254 Å². The number of likely N-dealkylation sites (N-methyl/N-ethyl adjacent to an activating group) is 1. The number of aliphatic hydroxyl groups excluding tert-OH is 1. The summed E-state index contributed by atoms with van der Waals surface area (Å²) in [5.74, 6) is 0.664. The molecule has 0 spiro atoms. The molecule has 0 fully saturated rings. The van der Waals surface area contributed by atoms with Crippen LogP contribution in [0.2, 0.25) is 0 Å². The molecular weight excluding hydrogens is 559 g/mol. The Morgan fingerprint density at radius 1 is 1.05 bits per heavy atom. The molecule has 0 radical (unpaired) electrons. The lowest BCUT2D eigenvalue weighted by molar-refractivity contribution is 0.190. The number of ether oxygens (including phenoxy) is 1. The van der Waals surface area contributed by atoms with Crippen LogP contribution >= 0.6 is 0 Å². The fraction of sp³-hybridized carbons (Fsp3) is 0.273. The van der Waals surface area contributed by atoms with Gasteiger partial charge in [0.05, 0.1) is 40.3 Å². The fourth-order valence-electron chi connectivity index (χ4n) is 5.10. The molecule has 2 aromatic carbocycles. The first-order valence-electron chi connectivity index (χ1n) is 14.7. The highest BCUT2D eigenvalue weighted by molar-refractivity contribution is 5.98. The standard InChI is InChI=1S/C33H35FN8O2/c1-4-5-9-30(43)37-23-13-21(17-35-18-23)28-16-26-29(19-36-28)40-41-32(26)33-38-27-8-6-7-25(31(27)39-33)20-12-22(34)15-24(14-20)44-11-10-42(2)3/h6-8,12-19,30,37,43H,4-5,9-11H2,1-3H3,(H,38,39)(H,40,41). The van der Waals surface area contributed by atoms with Gasteiger partial charge in [-0.3, -0.25) is 15.1 Å². The van der Waals surface area contributed by atoms with E-state index in [0.29, 0.717) is 52.8 Å². The van der Waals surface area contributed by atoms with Gasteiger partial charge in [-0.25, -0.2) is 9.37 Å². The summed E-state index contributed by atoms with van der Waals surface area (Å²) in [4.78, 5) is 19.3. The molecule has 0 amide bonds.